The summed E-state index contributed by atoms with van der Waals surface area (Å²) in [6, 6.07) is 11.3. The van der Waals surface area contributed by atoms with Crippen LogP contribution in [0.15, 0.2) is 56.1 Å². The van der Waals surface area contributed by atoms with Crippen LogP contribution in [0.1, 0.15) is 26.2 Å². The molecule has 0 N–H and O–H groups in total. The third-order valence-electron chi connectivity index (χ3n) is 4.72. The first-order valence-electron chi connectivity index (χ1n) is 9.75. The molecule has 29 heavy (non-hydrogen) atoms. The number of hydrogen-bond donors (Lipinski definition) is 0. The SMILES string of the molecule is CCN(CC)CCN(C(=O)CCc1nc(-c2ccco2)no1)c1cccc(Br)c1. The highest BCUT2D eigenvalue weighted by Crippen LogP contribution is 2.22. The average Bonchev–Trinajstić information content (AvgIpc) is 3.41. The summed E-state index contributed by atoms with van der Waals surface area (Å²) < 4.78 is 11.5. The molecule has 0 radical (unpaired) electrons. The van der Waals surface area contributed by atoms with Gasteiger partial charge in [0, 0.05) is 36.1 Å². The first kappa shape index (κ1) is 21.3. The highest BCUT2D eigenvalue weighted by atomic mass is 79.9. The maximum Gasteiger partial charge on any atom is 0.238 e. The molecule has 0 aliphatic heterocycles. The molecule has 1 aromatic carbocycles. The molecule has 0 bridgehead atoms. The van der Waals surface area contributed by atoms with Crippen molar-refractivity contribution in [2.45, 2.75) is 26.7 Å². The largest absolute Gasteiger partial charge is 0.461 e. The molecule has 7 nitrogen and oxygen atoms in total. The lowest BCUT2D eigenvalue weighted by Gasteiger charge is -2.26. The van der Waals surface area contributed by atoms with Crippen LogP contribution in [0, 0.1) is 0 Å². The minimum Gasteiger partial charge on any atom is -0.461 e. The number of carbonyl (C=O) groups is 1. The predicted octanol–water partition coefficient (Wildman–Crippen LogP) is 4.40. The second kappa shape index (κ2) is 10.4. The Morgan fingerprint density at radius 2 is 1.97 bits per heavy atom. The fourth-order valence-corrected chi connectivity index (χ4v) is 3.42. The maximum atomic E-state index is 13.0. The number of carbonyl (C=O) groups excluding carboxylic acids is 1. The second-order valence-electron chi connectivity index (χ2n) is 6.54. The fourth-order valence-electron chi connectivity index (χ4n) is 3.03. The topological polar surface area (TPSA) is 75.6 Å². The van der Waals surface area contributed by atoms with E-state index < -0.39 is 0 Å². The van der Waals surface area contributed by atoms with Gasteiger partial charge in [0.15, 0.2) is 5.76 Å². The highest BCUT2D eigenvalue weighted by Gasteiger charge is 2.19. The molecule has 0 saturated heterocycles. The Kier molecular flexibility index (Phi) is 7.60. The molecule has 3 rings (SSSR count). The monoisotopic (exact) mass is 460 g/mol. The van der Waals surface area contributed by atoms with Gasteiger partial charge in [-0.1, -0.05) is 41.0 Å². The number of aryl methyl sites for hydroxylation is 1. The van der Waals surface area contributed by atoms with Gasteiger partial charge < -0.3 is 18.7 Å². The van der Waals surface area contributed by atoms with Crippen LogP contribution in [-0.4, -0.2) is 47.1 Å². The van der Waals surface area contributed by atoms with Crippen LogP contribution in [0.4, 0.5) is 5.69 Å². The van der Waals surface area contributed by atoms with Crippen LogP contribution >= 0.6 is 15.9 Å². The number of nitrogens with zero attached hydrogens (tertiary/aromatic N) is 4. The zero-order valence-corrected chi connectivity index (χ0v) is 18.3. The van der Waals surface area contributed by atoms with Crippen molar-refractivity contribution in [3.8, 4) is 11.6 Å². The van der Waals surface area contributed by atoms with Crippen molar-refractivity contribution < 1.29 is 13.7 Å². The number of halogens is 1. The van der Waals surface area contributed by atoms with Crippen LogP contribution < -0.4 is 4.90 Å². The molecule has 0 atom stereocenters. The third kappa shape index (κ3) is 5.77. The third-order valence-corrected chi connectivity index (χ3v) is 5.21. The Hall–Kier alpha value is -2.45. The summed E-state index contributed by atoms with van der Waals surface area (Å²) in [5, 5.41) is 3.92. The van der Waals surface area contributed by atoms with E-state index in [2.05, 4.69) is 44.8 Å². The van der Waals surface area contributed by atoms with Gasteiger partial charge in [0.1, 0.15) is 0 Å². The van der Waals surface area contributed by atoms with Crippen LogP contribution in [0.25, 0.3) is 11.6 Å². The van der Waals surface area contributed by atoms with Crippen molar-refractivity contribution >= 4 is 27.5 Å². The summed E-state index contributed by atoms with van der Waals surface area (Å²) in [6.07, 6.45) is 2.22. The minimum absolute atomic E-state index is 0.0213. The Balaban J connectivity index is 1.67. The number of benzene rings is 1. The molecule has 3 aromatic rings. The zero-order chi connectivity index (χ0) is 20.6. The van der Waals surface area contributed by atoms with Crippen LogP contribution in [-0.2, 0) is 11.2 Å². The molecule has 0 saturated carbocycles. The average molecular weight is 461 g/mol. The van der Waals surface area contributed by atoms with E-state index in [1.54, 1.807) is 18.4 Å². The Labute approximate surface area is 178 Å². The summed E-state index contributed by atoms with van der Waals surface area (Å²) in [4.78, 5) is 21.5. The van der Waals surface area contributed by atoms with Crippen LogP contribution in [0.2, 0.25) is 0 Å². The quantitative estimate of drug-likeness (QED) is 0.446. The molecule has 0 unspecified atom stereocenters. The van der Waals surface area contributed by atoms with Crippen molar-refractivity contribution in [3.63, 3.8) is 0 Å². The normalized spacial score (nSPS) is 11.2. The molecule has 2 aromatic heterocycles. The predicted molar refractivity (Wildman–Crippen MR) is 115 cm³/mol. The van der Waals surface area contributed by atoms with Crippen LogP contribution in [0.5, 0.6) is 0 Å². The molecule has 0 aliphatic rings. The molecule has 1 amide bonds. The van der Waals surface area contributed by atoms with E-state index >= 15 is 0 Å². The zero-order valence-electron chi connectivity index (χ0n) is 16.7. The number of likely N-dealkylation sites (N-methyl/N-ethyl adjacent to an activating group) is 1. The van der Waals surface area contributed by atoms with Gasteiger partial charge in [-0.15, -0.1) is 0 Å². The Morgan fingerprint density at radius 3 is 2.66 bits per heavy atom. The Bertz CT molecular complexity index is 906. The molecule has 0 aliphatic carbocycles. The number of amides is 1. The maximum absolute atomic E-state index is 13.0. The number of rotatable bonds is 10. The van der Waals surface area contributed by atoms with E-state index in [-0.39, 0.29) is 12.3 Å². The van der Waals surface area contributed by atoms with Gasteiger partial charge in [0.05, 0.1) is 6.26 Å². The molecule has 8 heteroatoms. The lowest BCUT2D eigenvalue weighted by atomic mass is 10.2. The van der Waals surface area contributed by atoms with Crippen molar-refractivity contribution in [2.75, 3.05) is 31.1 Å². The van der Waals surface area contributed by atoms with Crippen LogP contribution in [0.3, 0.4) is 0 Å². The summed E-state index contributed by atoms with van der Waals surface area (Å²) in [6.45, 7) is 7.60. The van der Waals surface area contributed by atoms with Gasteiger partial charge in [-0.3, -0.25) is 4.79 Å². The molecular formula is C21H25BrN4O3. The number of anilines is 1. The van der Waals surface area contributed by atoms with Crippen molar-refractivity contribution in [1.82, 2.24) is 15.0 Å². The van der Waals surface area contributed by atoms with E-state index in [1.165, 1.54) is 0 Å². The van der Waals surface area contributed by atoms with E-state index in [1.807, 2.05) is 29.2 Å². The van der Waals surface area contributed by atoms with E-state index in [0.29, 0.717) is 30.4 Å². The lowest BCUT2D eigenvalue weighted by Crippen LogP contribution is -2.39. The molecule has 154 valence electrons. The van der Waals surface area contributed by atoms with Gasteiger partial charge >= 0.3 is 0 Å². The highest BCUT2D eigenvalue weighted by molar-refractivity contribution is 9.10. The molecule has 0 fully saturated rings. The van der Waals surface area contributed by atoms with Crippen molar-refractivity contribution in [2.24, 2.45) is 0 Å². The molecular weight excluding hydrogens is 436 g/mol. The summed E-state index contributed by atoms with van der Waals surface area (Å²) in [5.74, 6) is 1.37. The summed E-state index contributed by atoms with van der Waals surface area (Å²) >= 11 is 3.49. The minimum atomic E-state index is 0.0213. The first-order chi connectivity index (χ1) is 14.1. The summed E-state index contributed by atoms with van der Waals surface area (Å²) in [7, 11) is 0. The number of hydrogen-bond acceptors (Lipinski definition) is 6. The van der Waals surface area contributed by atoms with Gasteiger partial charge in [-0.25, -0.2) is 0 Å². The fraction of sp³-hybridized carbons (Fsp3) is 0.381. The summed E-state index contributed by atoms with van der Waals surface area (Å²) in [5.41, 5.74) is 0.873. The standard InChI is InChI=1S/C21H25BrN4O3/c1-3-25(4-2)12-13-26(17-8-5-7-16(22)15-17)20(27)11-10-19-23-21(24-29-19)18-9-6-14-28-18/h5-9,14-15H,3-4,10-13H2,1-2H3. The molecule has 2 heterocycles. The van der Waals surface area contributed by atoms with E-state index in [4.69, 9.17) is 8.94 Å². The van der Waals surface area contributed by atoms with Gasteiger partial charge in [0.25, 0.3) is 0 Å². The number of furan rings is 1. The van der Waals surface area contributed by atoms with E-state index in [0.717, 1.165) is 29.8 Å². The van der Waals surface area contributed by atoms with Crippen molar-refractivity contribution in [1.29, 1.82) is 0 Å². The first-order valence-corrected chi connectivity index (χ1v) is 10.5. The second-order valence-corrected chi connectivity index (χ2v) is 7.46. The molecule has 0 spiro atoms. The van der Waals surface area contributed by atoms with Crippen molar-refractivity contribution in [3.05, 3.63) is 53.0 Å². The van der Waals surface area contributed by atoms with Gasteiger partial charge in [0.2, 0.25) is 17.6 Å². The van der Waals surface area contributed by atoms with Gasteiger partial charge in [-0.05, 0) is 43.4 Å². The Morgan fingerprint density at radius 1 is 1.14 bits per heavy atom. The lowest BCUT2D eigenvalue weighted by molar-refractivity contribution is -0.118. The van der Waals surface area contributed by atoms with Gasteiger partial charge in [-0.2, -0.15) is 4.98 Å². The smallest absolute Gasteiger partial charge is 0.238 e. The van der Waals surface area contributed by atoms with E-state index in [9.17, 15) is 4.79 Å². The number of aromatic nitrogens is 2.